The highest BCUT2D eigenvalue weighted by Crippen LogP contribution is 2.16. The van der Waals surface area contributed by atoms with Crippen LogP contribution in [0.3, 0.4) is 0 Å². The number of hydrogen-bond acceptors (Lipinski definition) is 6. The van der Waals surface area contributed by atoms with Crippen molar-refractivity contribution in [1.29, 1.82) is 0 Å². The number of ether oxygens (including phenoxy) is 1. The highest BCUT2D eigenvalue weighted by molar-refractivity contribution is 6.28. The Bertz CT molecular complexity index is 484. The molecule has 1 aromatic rings. The van der Waals surface area contributed by atoms with Crippen LogP contribution in [0.5, 0.6) is 0 Å². The van der Waals surface area contributed by atoms with Gasteiger partial charge in [0.15, 0.2) is 0 Å². The summed E-state index contributed by atoms with van der Waals surface area (Å²) < 4.78 is 5.31. The highest BCUT2D eigenvalue weighted by atomic mass is 35.5. The van der Waals surface area contributed by atoms with Gasteiger partial charge in [0.2, 0.25) is 17.2 Å². The van der Waals surface area contributed by atoms with Crippen molar-refractivity contribution in [3.8, 4) is 12.3 Å². The topological polar surface area (TPSA) is 63.2 Å². The third kappa shape index (κ3) is 3.95. The summed E-state index contributed by atoms with van der Waals surface area (Å²) in [6, 6.07) is -0.101. The molecule has 2 heterocycles. The lowest BCUT2D eigenvalue weighted by atomic mass is 10.2. The van der Waals surface area contributed by atoms with E-state index in [9.17, 15) is 0 Å². The third-order valence-corrected chi connectivity index (χ3v) is 3.14. The molecule has 1 N–H and O–H groups in total. The van der Waals surface area contributed by atoms with Crippen LogP contribution in [0.4, 0.5) is 11.9 Å². The third-order valence-electron chi connectivity index (χ3n) is 2.97. The van der Waals surface area contributed by atoms with Crippen molar-refractivity contribution in [3.05, 3.63) is 5.28 Å². The zero-order chi connectivity index (χ0) is 14.4. The van der Waals surface area contributed by atoms with Crippen LogP contribution < -0.4 is 10.2 Å². The molecule has 0 radical (unpaired) electrons. The Labute approximate surface area is 123 Å². The van der Waals surface area contributed by atoms with E-state index in [0.29, 0.717) is 25.1 Å². The number of morpholine rings is 1. The number of terminal acetylenes is 1. The van der Waals surface area contributed by atoms with E-state index in [2.05, 4.69) is 33.1 Å². The van der Waals surface area contributed by atoms with E-state index in [1.807, 2.05) is 4.90 Å². The van der Waals surface area contributed by atoms with E-state index in [1.165, 1.54) is 0 Å². The van der Waals surface area contributed by atoms with Gasteiger partial charge in [-0.25, -0.2) is 0 Å². The minimum atomic E-state index is -0.101. The lowest BCUT2D eigenvalue weighted by Crippen LogP contribution is -2.37. The second-order valence-electron chi connectivity index (χ2n) is 4.48. The lowest BCUT2D eigenvalue weighted by Gasteiger charge is -2.27. The average Bonchev–Trinajstić information content (AvgIpc) is 2.47. The Hall–Kier alpha value is -1.58. The second kappa shape index (κ2) is 7.27. The minimum absolute atomic E-state index is 0.101. The van der Waals surface area contributed by atoms with Crippen molar-refractivity contribution in [2.75, 3.05) is 36.5 Å². The van der Waals surface area contributed by atoms with E-state index in [4.69, 9.17) is 22.8 Å². The predicted molar refractivity (Wildman–Crippen MR) is 79.0 cm³/mol. The fraction of sp³-hybridized carbons (Fsp3) is 0.615. The first-order valence-electron chi connectivity index (χ1n) is 6.70. The normalized spacial score (nSPS) is 16.6. The highest BCUT2D eigenvalue weighted by Gasteiger charge is 2.16. The summed E-state index contributed by atoms with van der Waals surface area (Å²) in [5.41, 5.74) is 0. The molecule has 1 fully saturated rings. The molecular weight excluding hydrogens is 278 g/mol. The van der Waals surface area contributed by atoms with Gasteiger partial charge in [-0.05, 0) is 18.0 Å². The van der Waals surface area contributed by atoms with Gasteiger partial charge in [-0.1, -0.05) is 19.3 Å². The van der Waals surface area contributed by atoms with E-state index < -0.39 is 0 Å². The monoisotopic (exact) mass is 295 g/mol. The molecule has 1 saturated heterocycles. The van der Waals surface area contributed by atoms with Crippen molar-refractivity contribution >= 4 is 23.5 Å². The number of nitrogens with zero attached hydrogens (tertiary/aromatic N) is 4. The molecule has 0 bridgehead atoms. The molecule has 1 atom stereocenters. The fourth-order valence-corrected chi connectivity index (χ4v) is 2.11. The zero-order valence-electron chi connectivity index (χ0n) is 11.5. The molecule has 20 heavy (non-hydrogen) atoms. The number of hydrogen-bond donors (Lipinski definition) is 1. The standard InChI is InChI=1S/C13H18ClN5O/c1-3-5-10(4-2)15-12-16-11(14)17-13(18-12)19-6-8-20-9-7-19/h2,10H,3,5-9H2,1H3,(H,15,16,17,18). The fourth-order valence-electron chi connectivity index (χ4n) is 1.95. The first-order valence-corrected chi connectivity index (χ1v) is 7.07. The summed E-state index contributed by atoms with van der Waals surface area (Å²) in [5, 5.41) is 3.27. The Balaban J connectivity index is 2.13. The molecule has 0 saturated carbocycles. The van der Waals surface area contributed by atoms with Gasteiger partial charge in [0.05, 0.1) is 19.3 Å². The molecule has 108 valence electrons. The number of nitrogens with one attached hydrogen (secondary N) is 1. The maximum absolute atomic E-state index is 5.96. The number of rotatable bonds is 5. The van der Waals surface area contributed by atoms with Crippen molar-refractivity contribution in [2.24, 2.45) is 0 Å². The molecule has 1 aliphatic heterocycles. The molecule has 1 unspecified atom stereocenters. The average molecular weight is 296 g/mol. The number of halogens is 1. The first-order chi connectivity index (χ1) is 9.72. The van der Waals surface area contributed by atoms with Crippen LogP contribution in [0, 0.1) is 12.3 Å². The SMILES string of the molecule is C#CC(CCC)Nc1nc(Cl)nc(N2CCOCC2)n1. The van der Waals surface area contributed by atoms with Crippen LogP contribution in [0.25, 0.3) is 0 Å². The molecule has 1 aromatic heterocycles. The van der Waals surface area contributed by atoms with E-state index in [0.717, 1.165) is 25.9 Å². The van der Waals surface area contributed by atoms with Crippen LogP contribution in [-0.4, -0.2) is 47.3 Å². The minimum Gasteiger partial charge on any atom is -0.378 e. The van der Waals surface area contributed by atoms with Crippen LogP contribution >= 0.6 is 11.6 Å². The van der Waals surface area contributed by atoms with Gasteiger partial charge in [-0.3, -0.25) is 0 Å². The van der Waals surface area contributed by atoms with Crippen LogP contribution in [-0.2, 0) is 4.74 Å². The Morgan fingerprint density at radius 2 is 2.15 bits per heavy atom. The second-order valence-corrected chi connectivity index (χ2v) is 4.82. The maximum Gasteiger partial charge on any atom is 0.231 e. The molecular formula is C13H18ClN5O. The number of aromatic nitrogens is 3. The predicted octanol–water partition coefficient (Wildman–Crippen LogP) is 1.58. The summed E-state index contributed by atoms with van der Waals surface area (Å²) >= 11 is 5.96. The summed E-state index contributed by atoms with van der Waals surface area (Å²) in [5.74, 6) is 3.66. The Morgan fingerprint density at radius 1 is 1.40 bits per heavy atom. The van der Waals surface area contributed by atoms with Crippen molar-refractivity contribution in [2.45, 2.75) is 25.8 Å². The molecule has 0 aromatic carbocycles. The summed E-state index contributed by atoms with van der Waals surface area (Å²) in [6.07, 6.45) is 7.32. The van der Waals surface area contributed by atoms with Crippen molar-refractivity contribution in [1.82, 2.24) is 15.0 Å². The van der Waals surface area contributed by atoms with Gasteiger partial charge in [0, 0.05) is 13.1 Å². The summed E-state index contributed by atoms with van der Waals surface area (Å²) in [4.78, 5) is 14.6. The van der Waals surface area contributed by atoms with Gasteiger partial charge in [-0.15, -0.1) is 6.42 Å². The van der Waals surface area contributed by atoms with Gasteiger partial charge in [0.1, 0.15) is 0 Å². The van der Waals surface area contributed by atoms with Gasteiger partial charge >= 0.3 is 0 Å². The molecule has 0 aliphatic carbocycles. The van der Waals surface area contributed by atoms with Crippen molar-refractivity contribution in [3.63, 3.8) is 0 Å². The molecule has 0 amide bonds. The van der Waals surface area contributed by atoms with E-state index >= 15 is 0 Å². The molecule has 7 heteroatoms. The zero-order valence-corrected chi connectivity index (χ0v) is 12.2. The van der Waals surface area contributed by atoms with E-state index in [-0.39, 0.29) is 11.3 Å². The van der Waals surface area contributed by atoms with Crippen LogP contribution in [0.1, 0.15) is 19.8 Å². The molecule has 6 nitrogen and oxygen atoms in total. The summed E-state index contributed by atoms with van der Waals surface area (Å²) in [6.45, 7) is 4.88. The maximum atomic E-state index is 5.96. The van der Waals surface area contributed by atoms with E-state index in [1.54, 1.807) is 0 Å². The van der Waals surface area contributed by atoms with Gasteiger partial charge in [0.25, 0.3) is 0 Å². The number of anilines is 2. The molecule has 1 aliphatic rings. The largest absolute Gasteiger partial charge is 0.378 e. The first kappa shape index (κ1) is 14.8. The van der Waals surface area contributed by atoms with Gasteiger partial charge in [-0.2, -0.15) is 15.0 Å². The van der Waals surface area contributed by atoms with Crippen LogP contribution in [0.15, 0.2) is 0 Å². The Morgan fingerprint density at radius 3 is 2.80 bits per heavy atom. The van der Waals surface area contributed by atoms with Crippen molar-refractivity contribution < 1.29 is 4.74 Å². The smallest absolute Gasteiger partial charge is 0.231 e. The summed E-state index contributed by atoms with van der Waals surface area (Å²) in [7, 11) is 0. The van der Waals surface area contributed by atoms with Crippen LogP contribution in [0.2, 0.25) is 5.28 Å². The molecule has 2 rings (SSSR count). The molecule has 0 spiro atoms. The lowest BCUT2D eigenvalue weighted by molar-refractivity contribution is 0.122. The van der Waals surface area contributed by atoms with Gasteiger partial charge < -0.3 is 15.0 Å². The Kier molecular flexibility index (Phi) is 5.39. The quantitative estimate of drug-likeness (QED) is 0.832.